The Morgan fingerprint density at radius 1 is 0.971 bits per heavy atom. The summed E-state index contributed by atoms with van der Waals surface area (Å²) in [6, 6.07) is 23.6. The second kappa shape index (κ2) is 10.4. The molecule has 6 nitrogen and oxygen atoms in total. The van der Waals surface area contributed by atoms with E-state index in [0.29, 0.717) is 17.3 Å². The Bertz CT molecular complexity index is 1320. The number of esters is 1. The Morgan fingerprint density at radius 3 is 2.44 bits per heavy atom. The summed E-state index contributed by atoms with van der Waals surface area (Å²) in [7, 11) is 0. The number of carbonyl (C=O) groups is 2. The van der Waals surface area contributed by atoms with E-state index in [9.17, 15) is 9.59 Å². The molecule has 0 fully saturated rings. The van der Waals surface area contributed by atoms with E-state index in [1.807, 2.05) is 77.4 Å². The Hall–Kier alpha value is -3.77. The number of nitrogens with zero attached hydrogens (tertiary/aromatic N) is 1. The fraction of sp³-hybridized carbons (Fsp3) is 0.185. The van der Waals surface area contributed by atoms with Gasteiger partial charge < -0.3 is 9.30 Å². The van der Waals surface area contributed by atoms with Crippen LogP contribution >= 0.6 is 11.6 Å². The molecule has 3 aromatic carbocycles. The molecule has 0 N–H and O–H groups in total. The summed E-state index contributed by atoms with van der Waals surface area (Å²) >= 11 is 6.19. The van der Waals surface area contributed by atoms with E-state index in [-0.39, 0.29) is 6.42 Å². The van der Waals surface area contributed by atoms with Gasteiger partial charge in [-0.2, -0.15) is 0 Å². The van der Waals surface area contributed by atoms with Crippen molar-refractivity contribution in [3.8, 4) is 16.9 Å². The molecule has 1 aromatic heterocycles. The molecule has 1 heterocycles. The number of rotatable bonds is 8. The zero-order valence-corrected chi connectivity index (χ0v) is 19.6. The number of carbonyl (C=O) groups excluding carboxylic acids is 2. The molecule has 7 heteroatoms. The number of halogens is 1. The first-order valence-electron chi connectivity index (χ1n) is 10.9. The number of ether oxygens (including phenoxy) is 1. The molecule has 4 rings (SSSR count). The van der Waals surface area contributed by atoms with Gasteiger partial charge in [-0.15, -0.1) is 0 Å². The van der Waals surface area contributed by atoms with E-state index in [4.69, 9.17) is 26.1 Å². The smallest absolute Gasteiger partial charge is 0.395 e. The SMILES string of the molecule is CCC(OC(C)=O)C(=O)OOc1cn(Cc2ccccc2)c2cc(-c3cccc(Cl)c3)ccc12. The normalized spacial score (nSPS) is 11.7. The van der Waals surface area contributed by atoms with Crippen LogP contribution in [0.25, 0.3) is 22.0 Å². The Balaban J connectivity index is 1.67. The maximum absolute atomic E-state index is 12.3. The van der Waals surface area contributed by atoms with Crippen LogP contribution in [0.2, 0.25) is 5.02 Å². The molecule has 0 aliphatic heterocycles. The molecule has 0 saturated heterocycles. The van der Waals surface area contributed by atoms with Crippen molar-refractivity contribution in [2.45, 2.75) is 32.9 Å². The average Bonchev–Trinajstić information content (AvgIpc) is 3.18. The molecule has 0 bridgehead atoms. The monoisotopic (exact) mass is 477 g/mol. The number of hydrogen-bond acceptors (Lipinski definition) is 5. The highest BCUT2D eigenvalue weighted by Gasteiger charge is 2.24. The molecule has 4 aromatic rings. The maximum Gasteiger partial charge on any atom is 0.395 e. The highest BCUT2D eigenvalue weighted by atomic mass is 35.5. The van der Waals surface area contributed by atoms with Crippen molar-refractivity contribution < 1.29 is 24.1 Å². The fourth-order valence-electron chi connectivity index (χ4n) is 3.72. The Labute approximate surface area is 202 Å². The molecular weight excluding hydrogens is 454 g/mol. The van der Waals surface area contributed by atoms with Gasteiger partial charge in [0, 0.05) is 23.9 Å². The number of aromatic nitrogens is 1. The van der Waals surface area contributed by atoms with Crippen molar-refractivity contribution in [1.29, 1.82) is 0 Å². The van der Waals surface area contributed by atoms with Gasteiger partial charge in [-0.25, -0.2) is 9.68 Å². The molecule has 1 unspecified atom stereocenters. The van der Waals surface area contributed by atoms with Gasteiger partial charge in [0.05, 0.1) is 11.7 Å². The molecule has 174 valence electrons. The molecule has 34 heavy (non-hydrogen) atoms. The van der Waals surface area contributed by atoms with Gasteiger partial charge >= 0.3 is 11.9 Å². The van der Waals surface area contributed by atoms with Gasteiger partial charge in [-0.3, -0.25) is 9.68 Å². The Kier molecular flexibility index (Phi) is 7.18. The minimum Gasteiger partial charge on any atom is -0.450 e. The van der Waals surface area contributed by atoms with E-state index in [1.54, 1.807) is 13.1 Å². The van der Waals surface area contributed by atoms with Crippen molar-refractivity contribution in [1.82, 2.24) is 4.57 Å². The highest BCUT2D eigenvalue weighted by Crippen LogP contribution is 2.33. The highest BCUT2D eigenvalue weighted by molar-refractivity contribution is 6.30. The van der Waals surface area contributed by atoms with Crippen LogP contribution in [0, 0.1) is 0 Å². The summed E-state index contributed by atoms with van der Waals surface area (Å²) in [6.07, 6.45) is 1.05. The lowest BCUT2D eigenvalue weighted by molar-refractivity contribution is -0.224. The largest absolute Gasteiger partial charge is 0.450 e. The Morgan fingerprint density at radius 2 is 1.74 bits per heavy atom. The first-order valence-corrected chi connectivity index (χ1v) is 11.3. The average molecular weight is 478 g/mol. The zero-order valence-electron chi connectivity index (χ0n) is 18.9. The lowest BCUT2D eigenvalue weighted by Crippen LogP contribution is -2.28. The molecule has 0 saturated carbocycles. The van der Waals surface area contributed by atoms with Crippen LogP contribution < -0.4 is 4.89 Å². The van der Waals surface area contributed by atoms with Crippen molar-refractivity contribution in [2.24, 2.45) is 0 Å². The topological polar surface area (TPSA) is 66.8 Å². The van der Waals surface area contributed by atoms with Gasteiger partial charge in [0.25, 0.3) is 0 Å². The predicted molar refractivity (Wildman–Crippen MR) is 130 cm³/mol. The first kappa shape index (κ1) is 23.4. The summed E-state index contributed by atoms with van der Waals surface area (Å²) in [5.74, 6) is -0.941. The minimum atomic E-state index is -1.02. The minimum absolute atomic E-state index is 0.278. The third-order valence-electron chi connectivity index (χ3n) is 5.35. The summed E-state index contributed by atoms with van der Waals surface area (Å²) in [4.78, 5) is 34.1. The van der Waals surface area contributed by atoms with Gasteiger partial charge in [0.15, 0.2) is 0 Å². The van der Waals surface area contributed by atoms with Crippen molar-refractivity contribution in [3.05, 3.63) is 89.6 Å². The second-order valence-electron chi connectivity index (χ2n) is 7.84. The fourth-order valence-corrected chi connectivity index (χ4v) is 3.91. The van der Waals surface area contributed by atoms with Crippen LogP contribution in [0.15, 0.2) is 79.0 Å². The van der Waals surface area contributed by atoms with Gasteiger partial charge in [-0.05, 0) is 47.4 Å². The summed E-state index contributed by atoms with van der Waals surface area (Å²) in [5.41, 5.74) is 3.99. The van der Waals surface area contributed by atoms with Crippen LogP contribution in [0.1, 0.15) is 25.8 Å². The molecule has 0 aliphatic rings. The molecule has 0 spiro atoms. The van der Waals surface area contributed by atoms with Crippen LogP contribution in [-0.4, -0.2) is 22.6 Å². The number of fused-ring (bicyclic) bond motifs is 1. The zero-order chi connectivity index (χ0) is 24.1. The standard InChI is InChI=1S/C27H24ClNO5/c1-3-25(32-18(2)30)27(31)34-33-26-17-29(16-19-8-5-4-6-9-19)24-15-21(12-13-23(24)26)20-10-7-11-22(28)14-20/h4-15,17,25H,3,16H2,1-2H3. The van der Waals surface area contributed by atoms with E-state index < -0.39 is 18.0 Å². The second-order valence-corrected chi connectivity index (χ2v) is 8.28. The summed E-state index contributed by atoms with van der Waals surface area (Å²) < 4.78 is 7.02. The van der Waals surface area contributed by atoms with Crippen molar-refractivity contribution in [3.63, 3.8) is 0 Å². The third-order valence-corrected chi connectivity index (χ3v) is 5.59. The summed E-state index contributed by atoms with van der Waals surface area (Å²) in [6.45, 7) is 3.56. The van der Waals surface area contributed by atoms with E-state index in [0.717, 1.165) is 27.6 Å². The quantitative estimate of drug-likeness (QED) is 0.172. The van der Waals surface area contributed by atoms with Gasteiger partial charge in [0.2, 0.25) is 11.9 Å². The summed E-state index contributed by atoms with van der Waals surface area (Å²) in [5, 5.41) is 1.43. The van der Waals surface area contributed by atoms with Crippen LogP contribution in [0.4, 0.5) is 0 Å². The molecule has 0 aliphatic carbocycles. The molecule has 0 amide bonds. The first-order chi connectivity index (χ1) is 16.4. The van der Waals surface area contributed by atoms with Gasteiger partial charge in [-0.1, -0.05) is 67.1 Å². The van der Waals surface area contributed by atoms with Crippen molar-refractivity contribution >= 4 is 34.4 Å². The number of benzene rings is 3. The van der Waals surface area contributed by atoms with Crippen LogP contribution in [0.5, 0.6) is 5.75 Å². The number of hydrogen-bond donors (Lipinski definition) is 0. The van der Waals surface area contributed by atoms with E-state index in [2.05, 4.69) is 0 Å². The molecule has 0 radical (unpaired) electrons. The van der Waals surface area contributed by atoms with E-state index in [1.165, 1.54) is 6.92 Å². The van der Waals surface area contributed by atoms with E-state index >= 15 is 0 Å². The van der Waals surface area contributed by atoms with Crippen LogP contribution in [-0.2, 0) is 25.8 Å². The van der Waals surface area contributed by atoms with Crippen molar-refractivity contribution in [2.75, 3.05) is 0 Å². The third kappa shape index (κ3) is 5.41. The molecular formula is C27H24ClNO5. The molecule has 1 atom stereocenters. The van der Waals surface area contributed by atoms with Gasteiger partial charge in [0.1, 0.15) is 0 Å². The van der Waals surface area contributed by atoms with Crippen LogP contribution in [0.3, 0.4) is 0 Å². The lowest BCUT2D eigenvalue weighted by atomic mass is 10.0. The predicted octanol–water partition coefficient (Wildman–Crippen LogP) is 6.19. The maximum atomic E-state index is 12.3. The lowest BCUT2D eigenvalue weighted by Gasteiger charge is -2.12.